The van der Waals surface area contributed by atoms with E-state index in [1.165, 1.54) is 13.1 Å². The van der Waals surface area contributed by atoms with E-state index in [9.17, 15) is 4.79 Å². The molecule has 2 aliphatic rings. The van der Waals surface area contributed by atoms with Gasteiger partial charge >= 0.3 is 0 Å². The lowest BCUT2D eigenvalue weighted by molar-refractivity contribution is -0.125. The summed E-state index contributed by atoms with van der Waals surface area (Å²) in [6, 6.07) is 3.96. The summed E-state index contributed by atoms with van der Waals surface area (Å²) in [4.78, 5) is 19.9. The number of amides is 1. The second-order valence-corrected chi connectivity index (χ2v) is 9.10. The molecule has 9 heteroatoms. The molecule has 0 aliphatic carbocycles. The van der Waals surface area contributed by atoms with E-state index in [4.69, 9.17) is 0 Å². The summed E-state index contributed by atoms with van der Waals surface area (Å²) < 4.78 is 1.97. The maximum Gasteiger partial charge on any atom is 0.224 e. The van der Waals surface area contributed by atoms with Crippen LogP contribution in [0.3, 0.4) is 0 Å². The predicted octanol–water partition coefficient (Wildman–Crippen LogP) is 1.69. The summed E-state index contributed by atoms with van der Waals surface area (Å²) in [5.41, 5.74) is 0. The lowest BCUT2D eigenvalue weighted by atomic mass is 9.97. The van der Waals surface area contributed by atoms with Gasteiger partial charge in [-0.3, -0.25) is 9.36 Å². The Labute approximate surface area is 182 Å². The number of nitrogens with zero attached hydrogens (tertiary/aromatic N) is 6. The second kappa shape index (κ2) is 10.4. The molecule has 2 saturated heterocycles. The third-order valence-electron chi connectivity index (χ3n) is 6.15. The van der Waals surface area contributed by atoms with E-state index in [1.54, 1.807) is 11.3 Å². The Bertz CT molecular complexity index is 785. The van der Waals surface area contributed by atoms with Crippen LogP contribution in [0, 0.1) is 5.92 Å². The molecule has 4 heterocycles. The van der Waals surface area contributed by atoms with Gasteiger partial charge in [-0.1, -0.05) is 18.3 Å². The van der Waals surface area contributed by atoms with Crippen molar-refractivity contribution in [3.8, 4) is 5.13 Å². The number of anilines is 1. The Hall–Kier alpha value is -1.97. The van der Waals surface area contributed by atoms with Crippen LogP contribution >= 0.6 is 11.3 Å². The lowest BCUT2D eigenvalue weighted by Gasteiger charge is -2.34. The molecule has 4 rings (SSSR count). The van der Waals surface area contributed by atoms with Gasteiger partial charge < -0.3 is 20.0 Å². The molecule has 0 radical (unpaired) electrons. The summed E-state index contributed by atoms with van der Waals surface area (Å²) in [7, 11) is 0. The molecule has 1 atom stereocenters. The topological polar surface area (TPSA) is 69.5 Å². The monoisotopic (exact) mass is 431 g/mol. The van der Waals surface area contributed by atoms with Gasteiger partial charge in [0.2, 0.25) is 16.2 Å². The van der Waals surface area contributed by atoms with Crippen LogP contribution in [0.4, 0.5) is 5.13 Å². The summed E-state index contributed by atoms with van der Waals surface area (Å²) in [5.74, 6) is 0.219. The Balaban J connectivity index is 1.19. The minimum Gasteiger partial charge on any atom is -0.356 e. The first-order chi connectivity index (χ1) is 14.7. The Morgan fingerprint density at radius 1 is 1.10 bits per heavy atom. The van der Waals surface area contributed by atoms with Crippen LogP contribution < -0.4 is 10.2 Å². The van der Waals surface area contributed by atoms with Gasteiger partial charge in [-0.15, -0.1) is 10.2 Å². The quantitative estimate of drug-likeness (QED) is 0.642. The minimum absolute atomic E-state index is 0.0331. The number of hydrogen-bond donors (Lipinski definition) is 1. The highest BCUT2D eigenvalue weighted by Gasteiger charge is 2.27. The largest absolute Gasteiger partial charge is 0.356 e. The molecular formula is C21H33N7OS. The number of carbonyl (C=O) groups is 1. The first kappa shape index (κ1) is 21.3. The van der Waals surface area contributed by atoms with Crippen molar-refractivity contribution in [3.05, 3.63) is 24.5 Å². The van der Waals surface area contributed by atoms with Crippen molar-refractivity contribution in [1.29, 1.82) is 0 Å². The number of hydrogen-bond acceptors (Lipinski definition) is 7. The maximum absolute atomic E-state index is 12.7. The molecule has 8 nitrogen and oxygen atoms in total. The van der Waals surface area contributed by atoms with Gasteiger partial charge in [0.05, 0.1) is 5.92 Å². The van der Waals surface area contributed by atoms with Crippen molar-refractivity contribution in [2.75, 3.05) is 63.8 Å². The van der Waals surface area contributed by atoms with E-state index in [2.05, 4.69) is 37.1 Å². The molecule has 0 unspecified atom stereocenters. The highest BCUT2D eigenvalue weighted by Crippen LogP contribution is 2.27. The average Bonchev–Trinajstić information content (AvgIpc) is 3.49. The first-order valence-electron chi connectivity index (χ1n) is 11.2. The number of piperazine rings is 1. The summed E-state index contributed by atoms with van der Waals surface area (Å²) >= 11 is 1.58. The lowest BCUT2D eigenvalue weighted by Crippen LogP contribution is -2.47. The summed E-state index contributed by atoms with van der Waals surface area (Å²) in [5, 5.41) is 13.6. The maximum atomic E-state index is 12.7. The Morgan fingerprint density at radius 3 is 2.60 bits per heavy atom. The number of likely N-dealkylation sites (N-methyl/N-ethyl adjacent to an activating group) is 1. The van der Waals surface area contributed by atoms with Crippen LogP contribution in [0.15, 0.2) is 24.5 Å². The highest BCUT2D eigenvalue weighted by molar-refractivity contribution is 7.17. The van der Waals surface area contributed by atoms with Crippen molar-refractivity contribution in [2.45, 2.75) is 26.2 Å². The molecular weight excluding hydrogens is 398 g/mol. The van der Waals surface area contributed by atoms with Crippen molar-refractivity contribution in [1.82, 2.24) is 29.9 Å². The third kappa shape index (κ3) is 5.39. The molecule has 1 N–H and O–H groups in total. The zero-order valence-corrected chi connectivity index (χ0v) is 18.7. The van der Waals surface area contributed by atoms with Gasteiger partial charge in [0, 0.05) is 58.2 Å². The molecule has 0 aromatic carbocycles. The summed E-state index contributed by atoms with van der Waals surface area (Å²) in [6.45, 7) is 11.5. The fraction of sp³-hybridized carbons (Fsp3) is 0.667. The number of nitrogens with one attached hydrogen (secondary N) is 1. The molecule has 1 amide bonds. The predicted molar refractivity (Wildman–Crippen MR) is 120 cm³/mol. The van der Waals surface area contributed by atoms with Crippen LogP contribution in [0.5, 0.6) is 0 Å². The molecule has 30 heavy (non-hydrogen) atoms. The fourth-order valence-electron chi connectivity index (χ4n) is 4.25. The SMILES string of the molecule is CCN1CCN(CCCNC(=O)[C@@H]2CCCN(c3nnc(-n4cccc4)s3)C2)CC1. The standard InChI is InChI=1S/C21H33N7OS/c1-2-25-13-15-26(16-14-25)9-6-8-22-19(29)18-7-5-12-28(17-18)21-24-23-20(30-21)27-10-3-4-11-27/h3-4,10-11,18H,2,5-9,12-17H2,1H3,(H,22,29)/t18-/m1/s1. The van der Waals surface area contributed by atoms with Gasteiger partial charge in [0.1, 0.15) is 0 Å². The number of carbonyl (C=O) groups excluding carboxylic acids is 1. The van der Waals surface area contributed by atoms with Crippen LogP contribution in [-0.4, -0.2) is 89.4 Å². The second-order valence-electron chi connectivity index (χ2n) is 8.16. The molecule has 2 fully saturated rings. The zero-order valence-electron chi connectivity index (χ0n) is 17.9. The number of piperidine rings is 1. The smallest absolute Gasteiger partial charge is 0.224 e. The van der Waals surface area contributed by atoms with Crippen molar-refractivity contribution >= 4 is 22.4 Å². The Kier molecular flexibility index (Phi) is 7.35. The summed E-state index contributed by atoms with van der Waals surface area (Å²) in [6.07, 6.45) is 6.93. The van der Waals surface area contributed by atoms with E-state index in [1.807, 2.05) is 29.1 Å². The normalized spacial score (nSPS) is 21.1. The van der Waals surface area contributed by atoms with Crippen molar-refractivity contribution in [3.63, 3.8) is 0 Å². The van der Waals surface area contributed by atoms with Crippen LogP contribution in [0.25, 0.3) is 5.13 Å². The number of aromatic nitrogens is 3. The third-order valence-corrected chi connectivity index (χ3v) is 7.15. The van der Waals surface area contributed by atoms with Gasteiger partial charge in [-0.05, 0) is 44.5 Å². The Morgan fingerprint density at radius 2 is 1.83 bits per heavy atom. The number of rotatable bonds is 8. The van der Waals surface area contributed by atoms with E-state index >= 15 is 0 Å². The van der Waals surface area contributed by atoms with Gasteiger partial charge in [0.25, 0.3) is 0 Å². The molecule has 0 bridgehead atoms. The van der Waals surface area contributed by atoms with E-state index < -0.39 is 0 Å². The molecule has 164 valence electrons. The van der Waals surface area contributed by atoms with Crippen LogP contribution in [0.2, 0.25) is 0 Å². The van der Waals surface area contributed by atoms with Crippen molar-refractivity contribution in [2.24, 2.45) is 5.92 Å². The zero-order chi connectivity index (χ0) is 20.8. The van der Waals surface area contributed by atoms with Crippen LogP contribution in [0.1, 0.15) is 26.2 Å². The highest BCUT2D eigenvalue weighted by atomic mass is 32.1. The first-order valence-corrected chi connectivity index (χ1v) is 12.0. The van der Waals surface area contributed by atoms with E-state index in [0.29, 0.717) is 0 Å². The molecule has 0 spiro atoms. The molecule has 0 saturated carbocycles. The van der Waals surface area contributed by atoms with Gasteiger partial charge in [-0.25, -0.2) is 0 Å². The molecule has 2 aromatic rings. The fourth-order valence-corrected chi connectivity index (χ4v) is 5.10. The van der Waals surface area contributed by atoms with Crippen molar-refractivity contribution < 1.29 is 4.79 Å². The van der Waals surface area contributed by atoms with E-state index in [0.717, 1.165) is 75.3 Å². The van der Waals surface area contributed by atoms with Gasteiger partial charge in [0.15, 0.2) is 0 Å². The molecule has 2 aromatic heterocycles. The molecule has 2 aliphatic heterocycles. The van der Waals surface area contributed by atoms with Crippen LogP contribution in [-0.2, 0) is 4.79 Å². The average molecular weight is 432 g/mol. The van der Waals surface area contributed by atoms with E-state index in [-0.39, 0.29) is 11.8 Å². The minimum atomic E-state index is 0.0331. The van der Waals surface area contributed by atoms with Gasteiger partial charge in [-0.2, -0.15) is 0 Å².